The number of hydrogen-bond acceptors (Lipinski definition) is 3. The number of rotatable bonds is 2. The van der Waals surface area contributed by atoms with Crippen LogP contribution in [-0.2, 0) is 4.79 Å². The Kier molecular flexibility index (Phi) is 2.84. The molecule has 1 aromatic carbocycles. The average Bonchev–Trinajstić information content (AvgIpc) is 2.36. The highest BCUT2D eigenvalue weighted by molar-refractivity contribution is 6.52. The zero-order chi connectivity index (χ0) is 12.6. The molecule has 1 atom stereocenters. The topological polar surface area (TPSA) is 54.4 Å². The maximum absolute atomic E-state index is 11.9. The van der Waals surface area contributed by atoms with Crippen molar-refractivity contribution in [2.75, 3.05) is 0 Å². The van der Waals surface area contributed by atoms with Crippen molar-refractivity contribution in [1.29, 1.82) is 0 Å². The van der Waals surface area contributed by atoms with Crippen LogP contribution in [0.2, 0.25) is 0 Å². The van der Waals surface area contributed by atoms with E-state index in [1.165, 1.54) is 0 Å². The highest BCUT2D eigenvalue weighted by Crippen LogP contribution is 2.32. The highest BCUT2D eigenvalue weighted by Gasteiger charge is 2.34. The fourth-order valence-electron chi connectivity index (χ4n) is 2.05. The molecule has 0 saturated heterocycles. The van der Waals surface area contributed by atoms with Gasteiger partial charge in [-0.15, -0.1) is 0 Å². The number of carbonyl (C=O) groups is 2. The molecule has 0 heterocycles. The Bertz CT molecular complexity index is 526. The summed E-state index contributed by atoms with van der Waals surface area (Å²) in [6.07, 6.45) is 0.709. The molecule has 1 aromatic rings. The van der Waals surface area contributed by atoms with Gasteiger partial charge in [-0.1, -0.05) is 38.1 Å². The monoisotopic (exact) mass is 230 g/mol. The molecule has 1 unspecified atom stereocenters. The summed E-state index contributed by atoms with van der Waals surface area (Å²) in [6, 6.07) is 6.66. The van der Waals surface area contributed by atoms with Gasteiger partial charge in [-0.25, -0.2) is 0 Å². The van der Waals surface area contributed by atoms with Gasteiger partial charge in [0.25, 0.3) is 0 Å². The lowest BCUT2D eigenvalue weighted by molar-refractivity contribution is -0.112. The van der Waals surface area contributed by atoms with Crippen molar-refractivity contribution < 1.29 is 14.7 Å². The Balaban J connectivity index is 2.68. The van der Waals surface area contributed by atoms with Crippen molar-refractivity contribution in [2.45, 2.75) is 20.3 Å². The third-order valence-corrected chi connectivity index (χ3v) is 3.24. The fraction of sp³-hybridized carbons (Fsp3) is 0.286. The van der Waals surface area contributed by atoms with Crippen LogP contribution >= 0.6 is 0 Å². The van der Waals surface area contributed by atoms with Gasteiger partial charge in [-0.05, 0) is 12.3 Å². The number of carbonyl (C=O) groups excluding carboxylic acids is 2. The summed E-state index contributed by atoms with van der Waals surface area (Å²) in [5.41, 5.74) is 1.01. The lowest BCUT2D eigenvalue weighted by Gasteiger charge is -2.21. The Labute approximate surface area is 99.8 Å². The van der Waals surface area contributed by atoms with Gasteiger partial charge in [0.1, 0.15) is 5.76 Å². The van der Waals surface area contributed by atoms with E-state index >= 15 is 0 Å². The van der Waals surface area contributed by atoms with Gasteiger partial charge in [0, 0.05) is 16.7 Å². The second-order valence-electron chi connectivity index (χ2n) is 4.28. The van der Waals surface area contributed by atoms with Crippen molar-refractivity contribution in [3.63, 3.8) is 0 Å². The zero-order valence-corrected chi connectivity index (χ0v) is 9.86. The molecule has 3 heteroatoms. The number of Topliss-reactive ketones (excluding diaryl/α,β-unsaturated/α-hetero) is 2. The predicted octanol–water partition coefficient (Wildman–Crippen LogP) is 2.77. The smallest absolute Gasteiger partial charge is 0.234 e. The minimum atomic E-state index is -0.574. The van der Waals surface area contributed by atoms with Gasteiger partial charge in [0.05, 0.1) is 0 Å². The molecule has 88 valence electrons. The summed E-state index contributed by atoms with van der Waals surface area (Å²) in [4.78, 5) is 23.8. The number of hydrogen-bond donors (Lipinski definition) is 1. The number of fused-ring (bicyclic) bond motifs is 1. The molecule has 1 N–H and O–H groups in total. The van der Waals surface area contributed by atoms with Crippen LogP contribution in [0.5, 0.6) is 0 Å². The van der Waals surface area contributed by atoms with Crippen molar-refractivity contribution in [1.82, 2.24) is 0 Å². The number of ketones is 2. The molecule has 0 spiro atoms. The molecule has 1 aliphatic carbocycles. The van der Waals surface area contributed by atoms with Gasteiger partial charge in [0.2, 0.25) is 11.6 Å². The third-order valence-electron chi connectivity index (χ3n) is 3.24. The average molecular weight is 230 g/mol. The third kappa shape index (κ3) is 1.68. The summed E-state index contributed by atoms with van der Waals surface area (Å²) in [7, 11) is 0. The first-order valence-electron chi connectivity index (χ1n) is 5.69. The van der Waals surface area contributed by atoms with E-state index in [0.29, 0.717) is 17.5 Å². The molecule has 0 radical (unpaired) electrons. The quantitative estimate of drug-likeness (QED) is 0.795. The van der Waals surface area contributed by atoms with Crippen LogP contribution in [0.3, 0.4) is 0 Å². The maximum Gasteiger partial charge on any atom is 0.234 e. The summed E-state index contributed by atoms with van der Waals surface area (Å²) in [5, 5.41) is 10.1. The van der Waals surface area contributed by atoms with E-state index in [9.17, 15) is 14.7 Å². The predicted molar refractivity (Wildman–Crippen MR) is 64.8 cm³/mol. The second kappa shape index (κ2) is 4.17. The molecule has 0 saturated carbocycles. The van der Waals surface area contributed by atoms with E-state index in [2.05, 4.69) is 0 Å². The molecule has 0 bridgehead atoms. The van der Waals surface area contributed by atoms with Crippen LogP contribution in [0, 0.1) is 5.92 Å². The minimum Gasteiger partial charge on any atom is -0.507 e. The first-order valence-corrected chi connectivity index (χ1v) is 5.69. The van der Waals surface area contributed by atoms with Crippen LogP contribution in [-0.4, -0.2) is 16.7 Å². The highest BCUT2D eigenvalue weighted by atomic mass is 16.3. The van der Waals surface area contributed by atoms with E-state index in [1.807, 2.05) is 13.8 Å². The molecule has 0 aromatic heterocycles. The van der Waals surface area contributed by atoms with Crippen LogP contribution < -0.4 is 0 Å². The van der Waals surface area contributed by atoms with Crippen molar-refractivity contribution in [2.24, 2.45) is 5.92 Å². The minimum absolute atomic E-state index is 0.0421. The Morgan fingerprint density at radius 2 is 1.71 bits per heavy atom. The first kappa shape index (κ1) is 11.6. The molecular weight excluding hydrogens is 216 g/mol. The van der Waals surface area contributed by atoms with E-state index in [4.69, 9.17) is 0 Å². The molecule has 3 nitrogen and oxygen atoms in total. The van der Waals surface area contributed by atoms with E-state index in [-0.39, 0.29) is 17.3 Å². The van der Waals surface area contributed by atoms with E-state index in [1.54, 1.807) is 24.3 Å². The molecule has 17 heavy (non-hydrogen) atoms. The van der Waals surface area contributed by atoms with Gasteiger partial charge < -0.3 is 5.11 Å². The summed E-state index contributed by atoms with van der Waals surface area (Å²) < 4.78 is 0. The summed E-state index contributed by atoms with van der Waals surface area (Å²) in [5.74, 6) is -1.25. The Morgan fingerprint density at radius 1 is 1.12 bits per heavy atom. The maximum atomic E-state index is 11.9. The fourth-order valence-corrected chi connectivity index (χ4v) is 2.05. The largest absolute Gasteiger partial charge is 0.507 e. The van der Waals surface area contributed by atoms with E-state index in [0.717, 1.165) is 0 Å². The van der Waals surface area contributed by atoms with Crippen LogP contribution in [0.4, 0.5) is 0 Å². The standard InChI is InChI=1S/C14H14O3/c1-3-8(2)11-12(15)9-6-4-5-7-10(9)13(16)14(11)17/h4-8,15H,3H2,1-2H3. The molecule has 2 rings (SSSR count). The Morgan fingerprint density at radius 3 is 2.29 bits per heavy atom. The van der Waals surface area contributed by atoms with Crippen LogP contribution in [0.25, 0.3) is 5.76 Å². The van der Waals surface area contributed by atoms with Crippen LogP contribution in [0.1, 0.15) is 36.2 Å². The van der Waals surface area contributed by atoms with Crippen LogP contribution in [0.15, 0.2) is 29.8 Å². The van der Waals surface area contributed by atoms with Gasteiger partial charge in [0.15, 0.2) is 0 Å². The zero-order valence-electron chi connectivity index (χ0n) is 9.86. The lowest BCUT2D eigenvalue weighted by atomic mass is 9.82. The second-order valence-corrected chi connectivity index (χ2v) is 4.28. The van der Waals surface area contributed by atoms with Gasteiger partial charge in [-0.3, -0.25) is 9.59 Å². The number of aliphatic hydroxyl groups is 1. The molecule has 1 aliphatic rings. The van der Waals surface area contributed by atoms with Crippen molar-refractivity contribution in [3.8, 4) is 0 Å². The number of benzene rings is 1. The summed E-state index contributed by atoms with van der Waals surface area (Å²) >= 11 is 0. The molecule has 0 amide bonds. The van der Waals surface area contributed by atoms with Gasteiger partial charge in [-0.2, -0.15) is 0 Å². The number of aliphatic hydroxyl groups excluding tert-OH is 1. The van der Waals surface area contributed by atoms with Crippen molar-refractivity contribution in [3.05, 3.63) is 41.0 Å². The SMILES string of the molecule is CCC(C)C1=C(O)c2ccccc2C(=O)C1=O. The first-order chi connectivity index (χ1) is 8.07. The molecule has 0 fully saturated rings. The Hall–Kier alpha value is -1.90. The number of allylic oxidation sites excluding steroid dienone is 1. The van der Waals surface area contributed by atoms with Crippen molar-refractivity contribution >= 4 is 17.3 Å². The molecular formula is C14H14O3. The van der Waals surface area contributed by atoms with Gasteiger partial charge >= 0.3 is 0 Å². The normalized spacial score (nSPS) is 17.1. The van der Waals surface area contributed by atoms with E-state index < -0.39 is 11.6 Å². The lowest BCUT2D eigenvalue weighted by Crippen LogP contribution is -2.27. The summed E-state index contributed by atoms with van der Waals surface area (Å²) in [6.45, 7) is 3.76. The molecule has 0 aliphatic heterocycles.